The van der Waals surface area contributed by atoms with Crippen LogP contribution in [0.1, 0.15) is 12.0 Å². The van der Waals surface area contributed by atoms with Crippen LogP contribution in [0, 0.1) is 0 Å². The highest BCUT2D eigenvalue weighted by Gasteiger charge is 2.11. The summed E-state index contributed by atoms with van der Waals surface area (Å²) in [5, 5.41) is 11.3. The van der Waals surface area contributed by atoms with Gasteiger partial charge < -0.3 is 20.2 Å². The number of rotatable bonds is 7. The predicted molar refractivity (Wildman–Crippen MR) is 67.8 cm³/mol. The van der Waals surface area contributed by atoms with Crippen LogP contribution in [0.3, 0.4) is 0 Å². The highest BCUT2D eigenvalue weighted by Crippen LogP contribution is 2.35. The van der Waals surface area contributed by atoms with Crippen LogP contribution >= 0.6 is 7.60 Å². The summed E-state index contributed by atoms with van der Waals surface area (Å²) in [4.78, 5) is 27.8. The largest absolute Gasteiger partial charge is 0.480 e. The predicted octanol–water partition coefficient (Wildman–Crippen LogP) is 1.29. The number of hydrogen-bond donors (Lipinski definition) is 4. The SMILES string of the molecule is O=C(O)CNc1cccc(CCCP(=O)(O)O)c1. The van der Waals surface area contributed by atoms with Crippen LogP contribution in [0.25, 0.3) is 0 Å². The fraction of sp³-hybridized carbons (Fsp3) is 0.364. The monoisotopic (exact) mass is 273 g/mol. The summed E-state index contributed by atoms with van der Waals surface area (Å²) < 4.78 is 10.7. The summed E-state index contributed by atoms with van der Waals surface area (Å²) in [7, 11) is -3.93. The van der Waals surface area contributed by atoms with E-state index in [1.165, 1.54) is 0 Å². The first-order valence-corrected chi connectivity index (χ1v) is 7.26. The van der Waals surface area contributed by atoms with Crippen LogP contribution in [0.5, 0.6) is 0 Å². The van der Waals surface area contributed by atoms with Gasteiger partial charge in [-0.3, -0.25) is 9.36 Å². The molecule has 0 aliphatic rings. The zero-order chi connectivity index (χ0) is 13.6. The molecule has 0 saturated heterocycles. The van der Waals surface area contributed by atoms with Crippen LogP contribution < -0.4 is 5.32 Å². The Kier molecular flexibility index (Phi) is 5.34. The van der Waals surface area contributed by atoms with E-state index >= 15 is 0 Å². The quantitative estimate of drug-likeness (QED) is 0.558. The average molecular weight is 273 g/mol. The fourth-order valence-electron chi connectivity index (χ4n) is 1.50. The number of carboxylic acids is 1. The summed E-state index contributed by atoms with van der Waals surface area (Å²) in [6.45, 7) is -0.161. The van der Waals surface area contributed by atoms with Crippen molar-refractivity contribution in [3.8, 4) is 0 Å². The van der Waals surface area contributed by atoms with Crippen LogP contribution in [-0.4, -0.2) is 33.6 Å². The topological polar surface area (TPSA) is 107 Å². The van der Waals surface area contributed by atoms with E-state index in [-0.39, 0.29) is 12.7 Å². The van der Waals surface area contributed by atoms with Gasteiger partial charge in [-0.05, 0) is 30.5 Å². The van der Waals surface area contributed by atoms with Crippen molar-refractivity contribution in [2.75, 3.05) is 18.0 Å². The third-order valence-corrected chi connectivity index (χ3v) is 3.18. The third kappa shape index (κ3) is 6.39. The lowest BCUT2D eigenvalue weighted by atomic mass is 10.1. The Morgan fingerprint density at radius 2 is 2.06 bits per heavy atom. The van der Waals surface area contributed by atoms with Gasteiger partial charge in [-0.2, -0.15) is 0 Å². The van der Waals surface area contributed by atoms with Crippen molar-refractivity contribution in [3.05, 3.63) is 29.8 Å². The molecular formula is C11H16NO5P. The second-order valence-corrected chi connectivity index (χ2v) is 5.72. The number of anilines is 1. The van der Waals surface area contributed by atoms with Gasteiger partial charge in [0.25, 0.3) is 0 Å². The highest BCUT2D eigenvalue weighted by atomic mass is 31.2. The minimum atomic E-state index is -3.93. The van der Waals surface area contributed by atoms with E-state index in [0.29, 0.717) is 18.5 Å². The Morgan fingerprint density at radius 1 is 1.33 bits per heavy atom. The minimum absolute atomic E-state index is 0.139. The lowest BCUT2D eigenvalue weighted by Gasteiger charge is -2.07. The van der Waals surface area contributed by atoms with Gasteiger partial charge >= 0.3 is 13.6 Å². The second-order valence-electron chi connectivity index (χ2n) is 3.94. The molecule has 1 aromatic rings. The second kappa shape index (κ2) is 6.54. The maximum absolute atomic E-state index is 10.7. The molecule has 0 unspecified atom stereocenters. The molecule has 0 amide bonds. The molecule has 0 aliphatic heterocycles. The first-order valence-electron chi connectivity index (χ1n) is 5.46. The van der Waals surface area contributed by atoms with Crippen LogP contribution in [0.4, 0.5) is 5.69 Å². The number of aliphatic carboxylic acids is 1. The number of hydrogen-bond acceptors (Lipinski definition) is 3. The summed E-state index contributed by atoms with van der Waals surface area (Å²) in [5.74, 6) is -0.943. The molecule has 0 saturated carbocycles. The number of carboxylic acid groups (broad SMARTS) is 1. The highest BCUT2D eigenvalue weighted by molar-refractivity contribution is 7.51. The number of benzene rings is 1. The maximum atomic E-state index is 10.7. The molecule has 0 spiro atoms. The molecule has 4 N–H and O–H groups in total. The standard InChI is InChI=1S/C11H16NO5P/c13-11(14)8-12-10-5-1-3-9(7-10)4-2-6-18(15,16)17/h1,3,5,7,12H,2,4,6,8H2,(H,13,14)(H2,15,16,17). The summed E-state index contributed by atoms with van der Waals surface area (Å²) in [6.07, 6.45) is 0.806. The molecule has 7 heteroatoms. The van der Waals surface area contributed by atoms with E-state index in [0.717, 1.165) is 5.56 Å². The van der Waals surface area contributed by atoms with Crippen molar-refractivity contribution in [3.63, 3.8) is 0 Å². The first kappa shape index (κ1) is 14.7. The van der Waals surface area contributed by atoms with Gasteiger partial charge in [0.05, 0.1) is 6.16 Å². The lowest BCUT2D eigenvalue weighted by Crippen LogP contribution is -2.12. The van der Waals surface area contributed by atoms with Crippen molar-refractivity contribution in [1.82, 2.24) is 0 Å². The minimum Gasteiger partial charge on any atom is -0.480 e. The summed E-state index contributed by atoms with van der Waals surface area (Å²) in [6, 6.07) is 7.14. The molecule has 1 aromatic carbocycles. The molecule has 0 fully saturated rings. The molecule has 100 valence electrons. The Balaban J connectivity index is 2.49. The van der Waals surface area contributed by atoms with Crippen LogP contribution in [-0.2, 0) is 15.8 Å². The van der Waals surface area contributed by atoms with E-state index in [1.807, 2.05) is 6.07 Å². The van der Waals surface area contributed by atoms with Crippen LogP contribution in [0.15, 0.2) is 24.3 Å². The van der Waals surface area contributed by atoms with E-state index in [4.69, 9.17) is 14.9 Å². The molecule has 0 aromatic heterocycles. The zero-order valence-corrected chi connectivity index (χ0v) is 10.6. The molecule has 1 rings (SSSR count). The van der Waals surface area contributed by atoms with Crippen molar-refractivity contribution in [2.45, 2.75) is 12.8 Å². The Hall–Kier alpha value is -1.36. The molecule has 18 heavy (non-hydrogen) atoms. The summed E-state index contributed by atoms with van der Waals surface area (Å²) in [5.41, 5.74) is 1.60. The average Bonchev–Trinajstić information content (AvgIpc) is 2.25. The number of carbonyl (C=O) groups is 1. The van der Waals surface area contributed by atoms with E-state index in [2.05, 4.69) is 5.32 Å². The van der Waals surface area contributed by atoms with Crippen molar-refractivity contribution in [1.29, 1.82) is 0 Å². The van der Waals surface area contributed by atoms with Crippen molar-refractivity contribution < 1.29 is 24.3 Å². The van der Waals surface area contributed by atoms with Gasteiger partial charge in [0, 0.05) is 5.69 Å². The molecular weight excluding hydrogens is 257 g/mol. The van der Waals surface area contributed by atoms with Crippen molar-refractivity contribution in [2.24, 2.45) is 0 Å². The van der Waals surface area contributed by atoms with Gasteiger partial charge in [-0.15, -0.1) is 0 Å². The molecule has 0 atom stereocenters. The van der Waals surface area contributed by atoms with Gasteiger partial charge in [0.2, 0.25) is 0 Å². The molecule has 0 aliphatic carbocycles. The fourth-order valence-corrected chi connectivity index (χ4v) is 2.07. The smallest absolute Gasteiger partial charge is 0.325 e. The molecule has 0 heterocycles. The van der Waals surface area contributed by atoms with E-state index in [9.17, 15) is 9.36 Å². The molecule has 0 radical (unpaired) electrons. The Labute approximate surface area is 105 Å². The van der Waals surface area contributed by atoms with Gasteiger partial charge in [0.1, 0.15) is 6.54 Å². The molecule has 0 bridgehead atoms. The third-order valence-electron chi connectivity index (χ3n) is 2.29. The number of aryl methyl sites for hydroxylation is 1. The van der Waals surface area contributed by atoms with E-state index in [1.54, 1.807) is 18.2 Å². The van der Waals surface area contributed by atoms with Gasteiger partial charge in [0.15, 0.2) is 0 Å². The molecule has 6 nitrogen and oxygen atoms in total. The van der Waals surface area contributed by atoms with Crippen molar-refractivity contribution >= 4 is 19.3 Å². The van der Waals surface area contributed by atoms with Gasteiger partial charge in [-0.1, -0.05) is 12.1 Å². The van der Waals surface area contributed by atoms with Gasteiger partial charge in [-0.25, -0.2) is 0 Å². The number of nitrogens with one attached hydrogen (secondary N) is 1. The normalized spacial score (nSPS) is 11.2. The Morgan fingerprint density at radius 3 is 2.67 bits per heavy atom. The zero-order valence-electron chi connectivity index (χ0n) is 9.74. The first-order chi connectivity index (χ1) is 8.37. The maximum Gasteiger partial charge on any atom is 0.325 e. The van der Waals surface area contributed by atoms with Crippen LogP contribution in [0.2, 0.25) is 0 Å². The lowest BCUT2D eigenvalue weighted by molar-refractivity contribution is -0.134. The Bertz CT molecular complexity index is 457. The summed E-state index contributed by atoms with van der Waals surface area (Å²) >= 11 is 0. The van der Waals surface area contributed by atoms with E-state index < -0.39 is 13.6 Å².